The van der Waals surface area contributed by atoms with Crippen molar-refractivity contribution in [1.82, 2.24) is 5.32 Å². The number of ether oxygens (including phenoxy) is 1. The standard InChI is InChI=1S/C16H18ClNO2S/c17-13-1-3-14(4-2-13)20-15-5-7-16(8-6-15)21-12-10-18-9-11-19/h1-8,18-19H,9-12H2. The van der Waals surface area contributed by atoms with E-state index in [2.05, 4.69) is 5.32 Å². The second kappa shape index (κ2) is 8.95. The smallest absolute Gasteiger partial charge is 0.127 e. The highest BCUT2D eigenvalue weighted by Crippen LogP contribution is 2.25. The van der Waals surface area contributed by atoms with E-state index < -0.39 is 0 Å². The Labute approximate surface area is 134 Å². The molecular weight excluding hydrogens is 306 g/mol. The van der Waals surface area contributed by atoms with Crippen LogP contribution in [0.3, 0.4) is 0 Å². The highest BCUT2D eigenvalue weighted by Gasteiger charge is 1.99. The molecule has 0 aliphatic carbocycles. The van der Waals surface area contributed by atoms with Crippen molar-refractivity contribution in [3.63, 3.8) is 0 Å². The van der Waals surface area contributed by atoms with Crippen LogP contribution in [0.4, 0.5) is 0 Å². The summed E-state index contributed by atoms with van der Waals surface area (Å²) in [5, 5.41) is 12.5. The SMILES string of the molecule is OCCNCCSc1ccc(Oc2ccc(Cl)cc2)cc1. The van der Waals surface area contributed by atoms with Crippen LogP contribution in [-0.2, 0) is 0 Å². The highest BCUT2D eigenvalue weighted by atomic mass is 35.5. The lowest BCUT2D eigenvalue weighted by Crippen LogP contribution is -2.20. The number of nitrogens with one attached hydrogen (secondary N) is 1. The fourth-order valence-electron chi connectivity index (χ4n) is 1.69. The summed E-state index contributed by atoms with van der Waals surface area (Å²) in [6.07, 6.45) is 0. The van der Waals surface area contributed by atoms with Crippen LogP contribution in [0.1, 0.15) is 0 Å². The molecule has 0 bridgehead atoms. The molecule has 0 saturated carbocycles. The third kappa shape index (κ3) is 5.98. The lowest BCUT2D eigenvalue weighted by molar-refractivity contribution is 0.294. The van der Waals surface area contributed by atoms with Gasteiger partial charge in [0.05, 0.1) is 6.61 Å². The summed E-state index contributed by atoms with van der Waals surface area (Å²) in [5.41, 5.74) is 0. The molecule has 2 aromatic carbocycles. The zero-order valence-electron chi connectivity index (χ0n) is 11.6. The van der Waals surface area contributed by atoms with E-state index in [9.17, 15) is 0 Å². The lowest BCUT2D eigenvalue weighted by atomic mass is 10.3. The van der Waals surface area contributed by atoms with Crippen molar-refractivity contribution in [1.29, 1.82) is 0 Å². The number of thioether (sulfide) groups is 1. The van der Waals surface area contributed by atoms with Crippen LogP contribution in [0, 0.1) is 0 Å². The van der Waals surface area contributed by atoms with E-state index in [0.29, 0.717) is 11.6 Å². The summed E-state index contributed by atoms with van der Waals surface area (Å²) in [5.74, 6) is 2.55. The maximum absolute atomic E-state index is 8.66. The van der Waals surface area contributed by atoms with Gasteiger partial charge in [-0.1, -0.05) is 11.6 Å². The van der Waals surface area contributed by atoms with Gasteiger partial charge in [-0.05, 0) is 48.5 Å². The van der Waals surface area contributed by atoms with Crippen LogP contribution >= 0.6 is 23.4 Å². The van der Waals surface area contributed by atoms with E-state index in [1.165, 1.54) is 4.90 Å². The van der Waals surface area contributed by atoms with E-state index in [-0.39, 0.29) is 6.61 Å². The van der Waals surface area contributed by atoms with Gasteiger partial charge in [0.2, 0.25) is 0 Å². The van der Waals surface area contributed by atoms with Gasteiger partial charge in [-0.2, -0.15) is 0 Å². The van der Waals surface area contributed by atoms with Crippen LogP contribution < -0.4 is 10.1 Å². The van der Waals surface area contributed by atoms with Crippen LogP contribution in [0.2, 0.25) is 5.02 Å². The van der Waals surface area contributed by atoms with Gasteiger partial charge in [0, 0.05) is 28.8 Å². The zero-order chi connectivity index (χ0) is 14.9. The molecule has 0 aliphatic heterocycles. The van der Waals surface area contributed by atoms with Crippen molar-refractivity contribution in [3.8, 4) is 11.5 Å². The second-order valence-electron chi connectivity index (χ2n) is 4.35. The Morgan fingerprint density at radius 2 is 1.57 bits per heavy atom. The van der Waals surface area contributed by atoms with Gasteiger partial charge in [0.1, 0.15) is 11.5 Å². The van der Waals surface area contributed by atoms with Crippen molar-refractivity contribution in [2.45, 2.75) is 4.90 Å². The highest BCUT2D eigenvalue weighted by molar-refractivity contribution is 7.99. The van der Waals surface area contributed by atoms with Crippen LogP contribution in [-0.4, -0.2) is 30.6 Å². The first kappa shape index (κ1) is 16.2. The van der Waals surface area contributed by atoms with Gasteiger partial charge >= 0.3 is 0 Å². The van der Waals surface area contributed by atoms with Crippen molar-refractivity contribution in [2.24, 2.45) is 0 Å². The molecule has 2 aromatic rings. The number of benzene rings is 2. The van der Waals surface area contributed by atoms with Crippen molar-refractivity contribution >= 4 is 23.4 Å². The quantitative estimate of drug-likeness (QED) is 0.572. The Balaban J connectivity index is 1.80. The Kier molecular flexibility index (Phi) is 6.89. The number of aliphatic hydroxyl groups excluding tert-OH is 1. The van der Waals surface area contributed by atoms with Crippen molar-refractivity contribution in [3.05, 3.63) is 53.6 Å². The number of hydrogen-bond acceptors (Lipinski definition) is 4. The molecular formula is C16H18ClNO2S. The molecule has 0 aliphatic rings. The summed E-state index contributed by atoms with van der Waals surface area (Å²) in [6, 6.07) is 15.3. The van der Waals surface area contributed by atoms with E-state index in [1.54, 1.807) is 23.9 Å². The average Bonchev–Trinajstić information content (AvgIpc) is 2.51. The predicted molar refractivity (Wildman–Crippen MR) is 88.6 cm³/mol. The average molecular weight is 324 g/mol. The van der Waals surface area contributed by atoms with Crippen LogP contribution in [0.15, 0.2) is 53.4 Å². The van der Waals surface area contributed by atoms with Crippen LogP contribution in [0.25, 0.3) is 0 Å². The topological polar surface area (TPSA) is 41.5 Å². The van der Waals surface area contributed by atoms with Gasteiger partial charge in [0.25, 0.3) is 0 Å². The lowest BCUT2D eigenvalue weighted by Gasteiger charge is -2.07. The number of rotatable bonds is 8. The molecule has 0 saturated heterocycles. The molecule has 2 rings (SSSR count). The molecule has 0 fully saturated rings. The summed E-state index contributed by atoms with van der Waals surface area (Å²) in [6.45, 7) is 1.71. The third-order valence-corrected chi connectivity index (χ3v) is 3.97. The molecule has 0 heterocycles. The molecule has 0 radical (unpaired) electrons. The monoisotopic (exact) mass is 323 g/mol. The van der Waals surface area contributed by atoms with E-state index in [0.717, 1.165) is 23.8 Å². The molecule has 112 valence electrons. The normalized spacial score (nSPS) is 10.6. The molecule has 0 atom stereocenters. The fraction of sp³-hybridized carbons (Fsp3) is 0.250. The number of halogens is 1. The first-order valence-corrected chi connectivity index (χ1v) is 8.12. The largest absolute Gasteiger partial charge is 0.457 e. The Hall–Kier alpha value is -1.20. The molecule has 0 aromatic heterocycles. The maximum Gasteiger partial charge on any atom is 0.127 e. The summed E-state index contributed by atoms with van der Waals surface area (Å²) in [7, 11) is 0. The number of aliphatic hydroxyl groups is 1. The van der Waals surface area contributed by atoms with Gasteiger partial charge in [-0.25, -0.2) is 0 Å². The Morgan fingerprint density at radius 3 is 2.19 bits per heavy atom. The third-order valence-electron chi connectivity index (χ3n) is 2.71. The minimum absolute atomic E-state index is 0.182. The van der Waals surface area contributed by atoms with E-state index in [1.807, 2.05) is 36.4 Å². The molecule has 0 unspecified atom stereocenters. The minimum atomic E-state index is 0.182. The Bertz CT molecular complexity index is 531. The van der Waals surface area contributed by atoms with Gasteiger partial charge in [-0.3, -0.25) is 0 Å². The van der Waals surface area contributed by atoms with Crippen molar-refractivity contribution < 1.29 is 9.84 Å². The Morgan fingerprint density at radius 1 is 0.952 bits per heavy atom. The minimum Gasteiger partial charge on any atom is -0.457 e. The molecule has 21 heavy (non-hydrogen) atoms. The summed E-state index contributed by atoms with van der Waals surface area (Å²) >= 11 is 7.61. The molecule has 0 amide bonds. The van der Waals surface area contributed by atoms with Gasteiger partial charge in [-0.15, -0.1) is 11.8 Å². The van der Waals surface area contributed by atoms with Gasteiger partial charge in [0.15, 0.2) is 0 Å². The summed E-state index contributed by atoms with van der Waals surface area (Å²) in [4.78, 5) is 1.20. The molecule has 3 nitrogen and oxygen atoms in total. The van der Waals surface area contributed by atoms with Crippen molar-refractivity contribution in [2.75, 3.05) is 25.4 Å². The number of hydrogen-bond donors (Lipinski definition) is 2. The summed E-state index contributed by atoms with van der Waals surface area (Å²) < 4.78 is 5.74. The molecule has 2 N–H and O–H groups in total. The second-order valence-corrected chi connectivity index (χ2v) is 5.95. The van der Waals surface area contributed by atoms with E-state index >= 15 is 0 Å². The molecule has 0 spiro atoms. The predicted octanol–water partition coefficient (Wildman–Crippen LogP) is 3.81. The molecule has 5 heteroatoms. The fourth-order valence-corrected chi connectivity index (χ4v) is 2.62. The first-order chi connectivity index (χ1) is 10.3. The zero-order valence-corrected chi connectivity index (χ0v) is 13.2. The first-order valence-electron chi connectivity index (χ1n) is 6.76. The van der Waals surface area contributed by atoms with Gasteiger partial charge < -0.3 is 15.2 Å². The maximum atomic E-state index is 8.66. The van der Waals surface area contributed by atoms with Crippen LogP contribution in [0.5, 0.6) is 11.5 Å². The van der Waals surface area contributed by atoms with E-state index in [4.69, 9.17) is 21.4 Å².